The number of para-hydroxylation sites is 1. The van der Waals surface area contributed by atoms with Gasteiger partial charge in [0.1, 0.15) is 12.4 Å². The van der Waals surface area contributed by atoms with Gasteiger partial charge in [-0.25, -0.2) is 4.98 Å². The Morgan fingerprint density at radius 1 is 1.14 bits per heavy atom. The fourth-order valence-electron chi connectivity index (χ4n) is 2.38. The molecule has 3 aromatic rings. The molecule has 1 heterocycles. The van der Waals surface area contributed by atoms with Crippen molar-refractivity contribution in [2.75, 3.05) is 6.61 Å². The molecule has 0 unspecified atom stereocenters. The highest BCUT2D eigenvalue weighted by molar-refractivity contribution is 5.76. The lowest BCUT2D eigenvalue weighted by Gasteiger charge is -2.09. The van der Waals surface area contributed by atoms with Crippen LogP contribution >= 0.6 is 0 Å². The SMILES string of the molecule is CCc1cccc(OCCn2cnc3ccccc3c2=O)c1. The molecule has 2 aromatic carbocycles. The van der Waals surface area contributed by atoms with E-state index in [1.165, 1.54) is 5.56 Å². The molecule has 4 heteroatoms. The zero-order valence-electron chi connectivity index (χ0n) is 12.5. The second kappa shape index (κ2) is 6.43. The minimum absolute atomic E-state index is 0.0310. The summed E-state index contributed by atoms with van der Waals surface area (Å²) in [6.45, 7) is 3.03. The van der Waals surface area contributed by atoms with Crippen molar-refractivity contribution < 1.29 is 4.74 Å². The van der Waals surface area contributed by atoms with Crippen LogP contribution in [-0.2, 0) is 13.0 Å². The highest BCUT2D eigenvalue weighted by Gasteiger charge is 2.03. The molecule has 0 saturated heterocycles. The van der Waals surface area contributed by atoms with Crippen LogP contribution in [0.5, 0.6) is 5.75 Å². The van der Waals surface area contributed by atoms with Gasteiger partial charge in [-0.1, -0.05) is 31.2 Å². The number of aryl methyl sites for hydroxylation is 1. The summed E-state index contributed by atoms with van der Waals surface area (Å²) < 4.78 is 7.32. The minimum atomic E-state index is -0.0310. The third-order valence-electron chi connectivity index (χ3n) is 3.64. The largest absolute Gasteiger partial charge is 0.492 e. The predicted molar refractivity (Wildman–Crippen MR) is 87.3 cm³/mol. The van der Waals surface area contributed by atoms with Gasteiger partial charge in [0.05, 0.1) is 23.8 Å². The van der Waals surface area contributed by atoms with E-state index in [2.05, 4.69) is 18.0 Å². The summed E-state index contributed by atoms with van der Waals surface area (Å²) in [4.78, 5) is 16.6. The summed E-state index contributed by atoms with van der Waals surface area (Å²) in [5.74, 6) is 0.834. The smallest absolute Gasteiger partial charge is 0.261 e. The second-order valence-electron chi connectivity index (χ2n) is 5.11. The van der Waals surface area contributed by atoms with Crippen molar-refractivity contribution in [1.82, 2.24) is 9.55 Å². The molecule has 0 bridgehead atoms. The number of fused-ring (bicyclic) bond motifs is 1. The molecule has 0 aliphatic heterocycles. The van der Waals surface area contributed by atoms with Crippen LogP contribution in [0.2, 0.25) is 0 Å². The van der Waals surface area contributed by atoms with Gasteiger partial charge in [0.25, 0.3) is 5.56 Å². The lowest BCUT2D eigenvalue weighted by Crippen LogP contribution is -2.23. The summed E-state index contributed by atoms with van der Waals surface area (Å²) in [5, 5.41) is 0.637. The van der Waals surface area contributed by atoms with Gasteiger partial charge in [-0.15, -0.1) is 0 Å². The molecule has 112 valence electrons. The molecule has 1 aromatic heterocycles. The molecule has 0 N–H and O–H groups in total. The third-order valence-corrected chi connectivity index (χ3v) is 3.64. The van der Waals surface area contributed by atoms with Crippen molar-refractivity contribution >= 4 is 10.9 Å². The number of hydrogen-bond acceptors (Lipinski definition) is 3. The Morgan fingerprint density at radius 3 is 2.86 bits per heavy atom. The summed E-state index contributed by atoms with van der Waals surface area (Å²) in [5.41, 5.74) is 1.93. The first kappa shape index (κ1) is 14.3. The zero-order chi connectivity index (χ0) is 15.4. The number of aromatic nitrogens is 2. The Kier molecular flexibility index (Phi) is 4.19. The first-order valence-corrected chi connectivity index (χ1v) is 7.44. The third kappa shape index (κ3) is 3.01. The fraction of sp³-hybridized carbons (Fsp3) is 0.222. The minimum Gasteiger partial charge on any atom is -0.492 e. The van der Waals surface area contributed by atoms with E-state index in [0.717, 1.165) is 17.7 Å². The lowest BCUT2D eigenvalue weighted by molar-refractivity contribution is 0.296. The number of nitrogens with zero attached hydrogens (tertiary/aromatic N) is 2. The van der Waals surface area contributed by atoms with Crippen molar-refractivity contribution in [2.45, 2.75) is 19.9 Å². The van der Waals surface area contributed by atoms with E-state index in [1.807, 2.05) is 36.4 Å². The standard InChI is InChI=1S/C18H18N2O2/c1-2-14-6-5-7-15(12-14)22-11-10-20-13-19-17-9-4-3-8-16(17)18(20)21/h3-9,12-13H,2,10-11H2,1H3. The maximum Gasteiger partial charge on any atom is 0.261 e. The molecule has 3 rings (SSSR count). The van der Waals surface area contributed by atoms with Crippen molar-refractivity contribution in [1.29, 1.82) is 0 Å². The van der Waals surface area contributed by atoms with E-state index in [4.69, 9.17) is 4.74 Å². The molecule has 0 fully saturated rings. The summed E-state index contributed by atoms with van der Waals surface area (Å²) >= 11 is 0. The van der Waals surface area contributed by atoms with E-state index < -0.39 is 0 Å². The van der Waals surface area contributed by atoms with E-state index in [1.54, 1.807) is 17.0 Å². The topological polar surface area (TPSA) is 44.1 Å². The number of rotatable bonds is 5. The summed E-state index contributed by atoms with van der Waals surface area (Å²) in [6, 6.07) is 15.4. The van der Waals surface area contributed by atoms with Gasteiger partial charge in [-0.05, 0) is 36.2 Å². The number of ether oxygens (including phenoxy) is 1. The monoisotopic (exact) mass is 294 g/mol. The van der Waals surface area contributed by atoms with Crippen molar-refractivity contribution in [3.8, 4) is 5.75 Å². The molecular weight excluding hydrogens is 276 g/mol. The van der Waals surface area contributed by atoms with Crippen LogP contribution in [0.15, 0.2) is 59.7 Å². The highest BCUT2D eigenvalue weighted by Crippen LogP contribution is 2.13. The Bertz CT molecular complexity index is 840. The average Bonchev–Trinajstić information content (AvgIpc) is 2.57. The molecule has 0 radical (unpaired) electrons. The number of hydrogen-bond donors (Lipinski definition) is 0. The fourth-order valence-corrected chi connectivity index (χ4v) is 2.38. The molecule has 0 amide bonds. The maximum absolute atomic E-state index is 12.3. The molecule has 0 aliphatic carbocycles. The predicted octanol–water partition coefficient (Wildman–Crippen LogP) is 3.04. The first-order valence-electron chi connectivity index (χ1n) is 7.44. The van der Waals surface area contributed by atoms with Crippen LogP contribution in [-0.4, -0.2) is 16.2 Å². The molecular formula is C18H18N2O2. The van der Waals surface area contributed by atoms with Gasteiger partial charge in [0.15, 0.2) is 0 Å². The Labute approximate surface area is 129 Å². The van der Waals surface area contributed by atoms with Crippen LogP contribution < -0.4 is 10.3 Å². The zero-order valence-corrected chi connectivity index (χ0v) is 12.5. The molecule has 22 heavy (non-hydrogen) atoms. The van der Waals surface area contributed by atoms with Gasteiger partial charge >= 0.3 is 0 Å². The lowest BCUT2D eigenvalue weighted by atomic mass is 10.2. The second-order valence-corrected chi connectivity index (χ2v) is 5.11. The molecule has 0 spiro atoms. The Balaban J connectivity index is 1.71. The Hall–Kier alpha value is -2.62. The van der Waals surface area contributed by atoms with Gasteiger partial charge in [-0.3, -0.25) is 9.36 Å². The van der Waals surface area contributed by atoms with Crippen LogP contribution in [0.1, 0.15) is 12.5 Å². The first-order chi connectivity index (χ1) is 10.8. The van der Waals surface area contributed by atoms with Gasteiger partial charge < -0.3 is 4.74 Å². The quantitative estimate of drug-likeness (QED) is 0.726. The van der Waals surface area contributed by atoms with Crippen molar-refractivity contribution in [3.63, 3.8) is 0 Å². The van der Waals surface area contributed by atoms with E-state index in [-0.39, 0.29) is 5.56 Å². The highest BCUT2D eigenvalue weighted by atomic mass is 16.5. The summed E-state index contributed by atoms with van der Waals surface area (Å²) in [7, 11) is 0. The van der Waals surface area contributed by atoms with Crippen LogP contribution in [0.4, 0.5) is 0 Å². The van der Waals surface area contributed by atoms with Crippen LogP contribution in [0, 0.1) is 0 Å². The van der Waals surface area contributed by atoms with E-state index in [0.29, 0.717) is 18.5 Å². The van der Waals surface area contributed by atoms with Gasteiger partial charge in [0.2, 0.25) is 0 Å². The molecule has 0 saturated carbocycles. The van der Waals surface area contributed by atoms with E-state index in [9.17, 15) is 4.79 Å². The molecule has 0 aliphatic rings. The Morgan fingerprint density at radius 2 is 2.00 bits per heavy atom. The van der Waals surface area contributed by atoms with Gasteiger partial charge in [-0.2, -0.15) is 0 Å². The van der Waals surface area contributed by atoms with Crippen LogP contribution in [0.3, 0.4) is 0 Å². The van der Waals surface area contributed by atoms with Crippen LogP contribution in [0.25, 0.3) is 10.9 Å². The summed E-state index contributed by atoms with van der Waals surface area (Å²) in [6.07, 6.45) is 2.56. The maximum atomic E-state index is 12.3. The molecule has 4 nitrogen and oxygen atoms in total. The molecule has 0 atom stereocenters. The van der Waals surface area contributed by atoms with Gasteiger partial charge in [0, 0.05) is 0 Å². The average molecular weight is 294 g/mol. The van der Waals surface area contributed by atoms with Crippen molar-refractivity contribution in [2.24, 2.45) is 0 Å². The van der Waals surface area contributed by atoms with Crippen molar-refractivity contribution in [3.05, 3.63) is 70.8 Å². The normalized spacial score (nSPS) is 10.8. The number of benzene rings is 2. The van der Waals surface area contributed by atoms with E-state index >= 15 is 0 Å².